The number of hydrogen-bond acceptors (Lipinski definition) is 4. The van der Waals surface area contributed by atoms with Crippen molar-refractivity contribution in [1.29, 1.82) is 0 Å². The van der Waals surface area contributed by atoms with Crippen molar-refractivity contribution in [3.63, 3.8) is 0 Å². The number of ether oxygens (including phenoxy) is 1. The van der Waals surface area contributed by atoms with Crippen LogP contribution < -0.4 is 4.74 Å². The minimum atomic E-state index is 0.133. The minimum absolute atomic E-state index is 0.133. The molecule has 0 fully saturated rings. The first kappa shape index (κ1) is 23.0. The van der Waals surface area contributed by atoms with E-state index in [1.54, 1.807) is 12.1 Å². The van der Waals surface area contributed by atoms with Gasteiger partial charge in [-0.15, -0.1) is 0 Å². The van der Waals surface area contributed by atoms with Crippen LogP contribution in [0.5, 0.6) is 17.2 Å². The van der Waals surface area contributed by atoms with Gasteiger partial charge in [0.25, 0.3) is 0 Å². The van der Waals surface area contributed by atoms with Gasteiger partial charge in [0.1, 0.15) is 23.9 Å². The maximum Gasteiger partial charge on any atom is 0.123 e. The molecule has 2 N–H and O–H groups in total. The maximum atomic E-state index is 10.8. The first-order chi connectivity index (χ1) is 17.2. The van der Waals surface area contributed by atoms with Gasteiger partial charge in [0.2, 0.25) is 0 Å². The first-order valence-corrected chi connectivity index (χ1v) is 12.5. The van der Waals surface area contributed by atoms with Crippen molar-refractivity contribution in [2.45, 2.75) is 38.0 Å². The van der Waals surface area contributed by atoms with E-state index in [0.717, 1.165) is 66.3 Å². The van der Waals surface area contributed by atoms with E-state index >= 15 is 0 Å². The molecule has 2 heterocycles. The molecule has 1 unspecified atom stereocenters. The quantitative estimate of drug-likeness (QED) is 0.323. The topological polar surface area (TPSA) is 62.1 Å². The molecule has 0 aliphatic carbocycles. The molecule has 4 nitrogen and oxygen atoms in total. The van der Waals surface area contributed by atoms with Crippen LogP contribution in [0.3, 0.4) is 0 Å². The van der Waals surface area contributed by atoms with Crippen molar-refractivity contribution in [3.8, 4) is 28.4 Å². The lowest BCUT2D eigenvalue weighted by Gasteiger charge is -2.24. The number of fused-ring (bicyclic) bond motifs is 12. The Hall–Kier alpha value is -3.79. The summed E-state index contributed by atoms with van der Waals surface area (Å²) in [5.41, 5.74) is 4.26. The number of nitrogens with zero attached hydrogens (tertiary/aromatic N) is 1. The van der Waals surface area contributed by atoms with E-state index in [1.165, 1.54) is 11.1 Å². The number of para-hydroxylation sites is 1. The minimum Gasteiger partial charge on any atom is -0.508 e. The fraction of sp³-hybridized carbons (Fsp3) is 0.258. The molecule has 0 amide bonds. The van der Waals surface area contributed by atoms with E-state index in [1.807, 2.05) is 54.7 Å². The van der Waals surface area contributed by atoms with Crippen LogP contribution in [0.25, 0.3) is 21.9 Å². The van der Waals surface area contributed by atoms with Crippen LogP contribution in [0.2, 0.25) is 0 Å². The highest BCUT2D eigenvalue weighted by atomic mass is 16.5. The standard InChI is InChI=1S/C31H31NO3/c33-24-13-17-27-23(21-24)12-16-29(28-8-4-5-9-30(28)34)31(27)26-7-3-1-2-6-18-32-19-20-35-25-14-10-22(26)11-15-25/h4-5,8-17,19,21,26,33-34H,1-3,6-7,18,20H2. The van der Waals surface area contributed by atoms with Crippen molar-refractivity contribution in [1.82, 2.24) is 0 Å². The van der Waals surface area contributed by atoms with Crippen molar-refractivity contribution in [2.24, 2.45) is 4.99 Å². The van der Waals surface area contributed by atoms with Gasteiger partial charge in [0.05, 0.1) is 0 Å². The number of rotatable bonds is 2. The lowest BCUT2D eigenvalue weighted by molar-refractivity contribution is 0.380. The van der Waals surface area contributed by atoms with Crippen LogP contribution >= 0.6 is 0 Å². The van der Waals surface area contributed by atoms with Gasteiger partial charge in [-0.1, -0.05) is 67.8 Å². The molecule has 0 saturated carbocycles. The van der Waals surface area contributed by atoms with E-state index in [4.69, 9.17) is 4.74 Å². The van der Waals surface area contributed by atoms with E-state index in [-0.39, 0.29) is 17.4 Å². The zero-order valence-corrected chi connectivity index (χ0v) is 19.9. The molecule has 1 atom stereocenters. The molecule has 6 rings (SSSR count). The van der Waals surface area contributed by atoms with Gasteiger partial charge in [0.15, 0.2) is 0 Å². The van der Waals surface area contributed by atoms with Gasteiger partial charge < -0.3 is 14.9 Å². The molecule has 2 aliphatic rings. The Kier molecular flexibility index (Phi) is 6.99. The van der Waals surface area contributed by atoms with Crippen LogP contribution in [0.1, 0.15) is 49.1 Å². The highest BCUT2D eigenvalue weighted by Gasteiger charge is 2.23. The number of aliphatic imine (C=N–C) groups is 1. The van der Waals surface area contributed by atoms with Crippen LogP contribution in [0.15, 0.2) is 83.9 Å². The molecule has 0 radical (unpaired) electrons. The van der Waals surface area contributed by atoms with Gasteiger partial charge >= 0.3 is 0 Å². The molecule has 4 aromatic carbocycles. The Morgan fingerprint density at radius 3 is 2.46 bits per heavy atom. The Balaban J connectivity index is 1.68. The maximum absolute atomic E-state index is 10.8. The second-order valence-corrected chi connectivity index (χ2v) is 9.17. The summed E-state index contributed by atoms with van der Waals surface area (Å²) in [6, 6.07) is 25.6. The summed E-state index contributed by atoms with van der Waals surface area (Å²) in [6.07, 6.45) is 7.34. The highest BCUT2D eigenvalue weighted by Crippen LogP contribution is 2.44. The Morgan fingerprint density at radius 2 is 1.60 bits per heavy atom. The van der Waals surface area contributed by atoms with Gasteiger partial charge in [-0.25, -0.2) is 0 Å². The van der Waals surface area contributed by atoms with Gasteiger partial charge in [-0.05, 0) is 70.6 Å². The summed E-state index contributed by atoms with van der Waals surface area (Å²) in [7, 11) is 0. The predicted molar refractivity (Wildman–Crippen MR) is 143 cm³/mol. The summed E-state index contributed by atoms with van der Waals surface area (Å²) in [6.45, 7) is 1.32. The zero-order chi connectivity index (χ0) is 24.0. The molecule has 0 aromatic heterocycles. The largest absolute Gasteiger partial charge is 0.508 e. The van der Waals surface area contributed by atoms with Crippen molar-refractivity contribution < 1.29 is 14.9 Å². The third-order valence-corrected chi connectivity index (χ3v) is 6.85. The summed E-state index contributed by atoms with van der Waals surface area (Å²) in [5, 5.41) is 23.0. The number of aromatic hydroxyl groups is 2. The molecule has 35 heavy (non-hydrogen) atoms. The summed E-state index contributed by atoms with van der Waals surface area (Å²) < 4.78 is 5.86. The Bertz CT molecular complexity index is 1330. The van der Waals surface area contributed by atoms with Crippen molar-refractivity contribution >= 4 is 17.0 Å². The molecular weight excluding hydrogens is 434 g/mol. The van der Waals surface area contributed by atoms with Gasteiger partial charge in [-0.2, -0.15) is 0 Å². The third kappa shape index (κ3) is 5.17. The second-order valence-electron chi connectivity index (χ2n) is 9.17. The molecule has 0 saturated heterocycles. The van der Waals surface area contributed by atoms with Crippen LogP contribution in [0, 0.1) is 0 Å². The predicted octanol–water partition coefficient (Wildman–Crippen LogP) is 7.46. The first-order valence-electron chi connectivity index (χ1n) is 12.5. The normalized spacial score (nSPS) is 17.0. The number of phenols is 2. The second kappa shape index (κ2) is 10.6. The van der Waals surface area contributed by atoms with Crippen molar-refractivity contribution in [2.75, 3.05) is 13.2 Å². The van der Waals surface area contributed by atoms with E-state index in [9.17, 15) is 10.2 Å². The number of hydrogen-bond donors (Lipinski definition) is 2. The van der Waals surface area contributed by atoms with Crippen LogP contribution in [-0.4, -0.2) is 29.6 Å². The fourth-order valence-corrected chi connectivity index (χ4v) is 5.11. The number of phenolic OH excluding ortho intramolecular Hbond substituents is 2. The van der Waals surface area contributed by atoms with E-state index in [2.05, 4.69) is 23.2 Å². The van der Waals surface area contributed by atoms with E-state index < -0.39 is 0 Å². The van der Waals surface area contributed by atoms with E-state index in [0.29, 0.717) is 6.61 Å². The Labute approximate surface area is 206 Å². The average Bonchev–Trinajstić information content (AvgIpc) is 2.89. The average molecular weight is 466 g/mol. The molecule has 2 bridgehead atoms. The zero-order valence-electron chi connectivity index (χ0n) is 19.9. The third-order valence-electron chi connectivity index (χ3n) is 6.85. The van der Waals surface area contributed by atoms with Gasteiger partial charge in [-0.3, -0.25) is 4.99 Å². The molecule has 2 aliphatic heterocycles. The smallest absolute Gasteiger partial charge is 0.123 e. The number of benzene rings is 4. The lowest BCUT2D eigenvalue weighted by atomic mass is 9.80. The van der Waals surface area contributed by atoms with Crippen molar-refractivity contribution in [3.05, 3.63) is 90.0 Å². The summed E-state index contributed by atoms with van der Waals surface area (Å²) >= 11 is 0. The Morgan fingerprint density at radius 1 is 0.771 bits per heavy atom. The summed E-state index contributed by atoms with van der Waals surface area (Å²) in [4.78, 5) is 4.46. The fourth-order valence-electron chi connectivity index (χ4n) is 5.11. The molecule has 4 heteroatoms. The highest BCUT2D eigenvalue weighted by molar-refractivity contribution is 5.94. The van der Waals surface area contributed by atoms with Crippen LogP contribution in [0.4, 0.5) is 0 Å². The summed E-state index contributed by atoms with van der Waals surface area (Å²) in [5.74, 6) is 1.49. The molecule has 178 valence electrons. The lowest BCUT2D eigenvalue weighted by Crippen LogP contribution is -2.06. The van der Waals surface area contributed by atoms with Crippen LogP contribution in [-0.2, 0) is 0 Å². The molecule has 4 aromatic rings. The SMILES string of the molecule is Oc1ccc2c(C3CCCCCCN=CCOc4ccc3cc4)c(-c3ccccc3O)ccc2c1. The monoisotopic (exact) mass is 465 g/mol. The molecule has 0 spiro atoms. The van der Waals surface area contributed by atoms with Gasteiger partial charge in [0, 0.05) is 24.2 Å². The molecular formula is C31H31NO3.